The van der Waals surface area contributed by atoms with Gasteiger partial charge in [0.25, 0.3) is 0 Å². The minimum Gasteiger partial charge on any atom is -0.393 e. The zero-order valence-corrected chi connectivity index (χ0v) is 25.7. The van der Waals surface area contributed by atoms with Crippen LogP contribution in [0.1, 0.15) is 85.0 Å². The number of rotatable bonds is 6. The molecule has 16 unspecified atom stereocenters. The second kappa shape index (κ2) is 11.8. The second-order valence-electron chi connectivity index (χ2n) is 15.7. The Morgan fingerprint density at radius 3 is 2.05 bits per heavy atom. The van der Waals surface area contributed by atoms with Crippen LogP contribution in [0.25, 0.3) is 0 Å². The van der Waals surface area contributed by atoms with Crippen LogP contribution >= 0.6 is 0 Å². The van der Waals surface area contributed by atoms with Gasteiger partial charge in [-0.15, -0.1) is 0 Å². The van der Waals surface area contributed by atoms with Gasteiger partial charge in [0.15, 0.2) is 6.29 Å². The van der Waals surface area contributed by atoms with E-state index in [1.807, 2.05) is 6.92 Å². The van der Waals surface area contributed by atoms with E-state index in [-0.39, 0.29) is 18.3 Å². The molecule has 0 aromatic rings. The molecular formula is C32H56O10. The Morgan fingerprint density at radius 1 is 0.810 bits per heavy atom. The van der Waals surface area contributed by atoms with Gasteiger partial charge in [-0.25, -0.2) is 0 Å². The van der Waals surface area contributed by atoms with E-state index in [1.54, 1.807) is 6.92 Å². The molecule has 5 aliphatic carbocycles. The van der Waals surface area contributed by atoms with Crippen molar-refractivity contribution in [3.63, 3.8) is 0 Å². The van der Waals surface area contributed by atoms with Crippen LogP contribution in [0.3, 0.4) is 0 Å². The van der Waals surface area contributed by atoms with Crippen molar-refractivity contribution in [3.8, 4) is 0 Å². The van der Waals surface area contributed by atoms with Crippen LogP contribution in [-0.4, -0.2) is 108 Å². The van der Waals surface area contributed by atoms with Gasteiger partial charge in [0, 0.05) is 30.3 Å². The summed E-state index contributed by atoms with van der Waals surface area (Å²) >= 11 is 0. The van der Waals surface area contributed by atoms with Crippen molar-refractivity contribution >= 4 is 0 Å². The summed E-state index contributed by atoms with van der Waals surface area (Å²) in [6, 6.07) is 0. The lowest BCUT2D eigenvalue weighted by molar-refractivity contribution is -0.337. The molecule has 0 heterocycles. The molecule has 0 amide bonds. The number of hydrogen-bond donors (Lipinski definition) is 9. The lowest BCUT2D eigenvalue weighted by Crippen LogP contribution is -2.78. The first-order valence-electron chi connectivity index (χ1n) is 16.3. The molecule has 0 aromatic heterocycles. The summed E-state index contributed by atoms with van der Waals surface area (Å²) < 4.78 is 4.87. The molecule has 0 spiro atoms. The minimum atomic E-state index is -2.04. The number of fused-ring (bicyclic) bond motifs is 3. The number of aliphatic hydroxyl groups is 9. The van der Waals surface area contributed by atoms with E-state index in [0.717, 1.165) is 32.1 Å². The molecule has 10 heteroatoms. The highest BCUT2D eigenvalue weighted by Crippen LogP contribution is 2.67. The van der Waals surface area contributed by atoms with Gasteiger partial charge in [-0.3, -0.25) is 0 Å². The smallest absolute Gasteiger partial charge is 0.180 e. The van der Waals surface area contributed by atoms with Gasteiger partial charge in [0.05, 0.1) is 36.6 Å². The highest BCUT2D eigenvalue weighted by Gasteiger charge is 2.73. The van der Waals surface area contributed by atoms with Crippen LogP contribution in [0.4, 0.5) is 0 Å². The van der Waals surface area contributed by atoms with E-state index in [1.165, 1.54) is 14.0 Å². The Kier molecular flexibility index (Phi) is 9.23. The topological polar surface area (TPSA) is 191 Å². The van der Waals surface area contributed by atoms with Crippen molar-refractivity contribution in [1.82, 2.24) is 0 Å². The van der Waals surface area contributed by atoms with Gasteiger partial charge < -0.3 is 50.7 Å². The number of ether oxygens (including phenoxy) is 1. The Bertz CT molecular complexity index is 942. The molecule has 10 nitrogen and oxygen atoms in total. The molecular weight excluding hydrogens is 544 g/mol. The van der Waals surface area contributed by atoms with Crippen LogP contribution in [0.15, 0.2) is 0 Å². The predicted molar refractivity (Wildman–Crippen MR) is 153 cm³/mol. The standard InChI is InChI=1S/C32H56O10/c1-15(33)23-22(36)13-31(3)14-30(2)12-19-18(17-7-5-16(6-8-17)11-21(35)29(40)42-4)9-10-20(34)24(19)26(37)25(30)28(39)32(31,41)27(23)38/h15-29,33-41H,5-14H2,1-4H3. The fourth-order valence-corrected chi connectivity index (χ4v) is 11.4. The molecule has 42 heavy (non-hydrogen) atoms. The van der Waals surface area contributed by atoms with E-state index in [2.05, 4.69) is 0 Å². The third kappa shape index (κ3) is 5.10. The van der Waals surface area contributed by atoms with E-state index < -0.39 is 83.2 Å². The molecule has 0 saturated heterocycles. The molecule has 5 rings (SSSR count). The van der Waals surface area contributed by atoms with Crippen molar-refractivity contribution in [1.29, 1.82) is 0 Å². The Balaban J connectivity index is 1.38. The summed E-state index contributed by atoms with van der Waals surface area (Å²) in [5.74, 6) is -1.26. The van der Waals surface area contributed by atoms with Crippen molar-refractivity contribution in [2.24, 2.45) is 52.3 Å². The van der Waals surface area contributed by atoms with Gasteiger partial charge in [0.1, 0.15) is 11.7 Å². The first kappa shape index (κ1) is 33.0. The normalized spacial score (nSPS) is 55.1. The maximum Gasteiger partial charge on any atom is 0.180 e. The van der Waals surface area contributed by atoms with Gasteiger partial charge in [-0.1, -0.05) is 26.7 Å². The highest BCUT2D eigenvalue weighted by molar-refractivity contribution is 5.23. The fourth-order valence-electron chi connectivity index (χ4n) is 11.4. The van der Waals surface area contributed by atoms with Crippen molar-refractivity contribution in [2.75, 3.05) is 7.11 Å². The zero-order valence-electron chi connectivity index (χ0n) is 25.7. The maximum atomic E-state index is 12.1. The van der Waals surface area contributed by atoms with Crippen LogP contribution in [0.2, 0.25) is 0 Å². The third-order valence-electron chi connectivity index (χ3n) is 13.2. The summed E-state index contributed by atoms with van der Waals surface area (Å²) in [5, 5.41) is 100.0. The Labute approximate surface area is 249 Å². The van der Waals surface area contributed by atoms with Crippen LogP contribution < -0.4 is 0 Å². The zero-order chi connectivity index (χ0) is 30.9. The summed E-state index contributed by atoms with van der Waals surface area (Å²) in [5.41, 5.74) is -3.70. The Hall–Kier alpha value is -0.400. The molecule has 0 aliphatic heterocycles. The molecule has 244 valence electrons. The SMILES string of the molecule is COC(O)C(O)CC1CCC(C2CCC(O)C3C(O)C4C(O)C5(O)C(O)C(C(C)O)C(O)CC5(C)CC4(C)CC23)CC1. The largest absolute Gasteiger partial charge is 0.393 e. The first-order chi connectivity index (χ1) is 19.6. The first-order valence-corrected chi connectivity index (χ1v) is 16.3. The van der Waals surface area contributed by atoms with Gasteiger partial charge in [-0.05, 0) is 87.4 Å². The van der Waals surface area contributed by atoms with E-state index >= 15 is 0 Å². The Morgan fingerprint density at radius 2 is 1.45 bits per heavy atom. The van der Waals surface area contributed by atoms with Crippen molar-refractivity contribution in [3.05, 3.63) is 0 Å². The van der Waals surface area contributed by atoms with Crippen LogP contribution in [0, 0.1) is 52.3 Å². The third-order valence-corrected chi connectivity index (χ3v) is 13.2. The van der Waals surface area contributed by atoms with Crippen molar-refractivity contribution in [2.45, 2.75) is 140 Å². The van der Waals surface area contributed by atoms with Crippen LogP contribution in [0.5, 0.6) is 0 Å². The molecule has 5 fully saturated rings. The summed E-state index contributed by atoms with van der Waals surface area (Å²) in [4.78, 5) is 0. The summed E-state index contributed by atoms with van der Waals surface area (Å²) in [7, 11) is 1.37. The molecule has 5 saturated carbocycles. The molecule has 0 aromatic carbocycles. The molecule has 0 radical (unpaired) electrons. The van der Waals surface area contributed by atoms with Gasteiger partial charge in [0.2, 0.25) is 0 Å². The number of hydrogen-bond acceptors (Lipinski definition) is 10. The second-order valence-corrected chi connectivity index (χ2v) is 15.7. The number of methoxy groups -OCH3 is 1. The molecule has 5 aliphatic rings. The quantitative estimate of drug-likeness (QED) is 0.194. The van der Waals surface area contributed by atoms with E-state index in [4.69, 9.17) is 4.74 Å². The van der Waals surface area contributed by atoms with Crippen LogP contribution in [-0.2, 0) is 4.74 Å². The molecule has 16 atom stereocenters. The summed E-state index contributed by atoms with van der Waals surface area (Å²) in [6.07, 6.45) is -2.29. The highest BCUT2D eigenvalue weighted by atomic mass is 16.6. The fraction of sp³-hybridized carbons (Fsp3) is 1.00. The number of aliphatic hydroxyl groups excluding tert-OH is 8. The summed E-state index contributed by atoms with van der Waals surface area (Å²) in [6.45, 7) is 5.30. The lowest BCUT2D eigenvalue weighted by Gasteiger charge is -2.69. The van der Waals surface area contributed by atoms with Gasteiger partial charge >= 0.3 is 0 Å². The monoisotopic (exact) mass is 600 g/mol. The molecule has 0 bridgehead atoms. The predicted octanol–water partition coefficient (Wildman–Crippen LogP) is 0.524. The average molecular weight is 601 g/mol. The average Bonchev–Trinajstić information content (AvgIpc) is 2.90. The lowest BCUT2D eigenvalue weighted by atomic mass is 9.39. The van der Waals surface area contributed by atoms with E-state index in [0.29, 0.717) is 37.5 Å². The minimum absolute atomic E-state index is 0.0260. The van der Waals surface area contributed by atoms with E-state index in [9.17, 15) is 46.0 Å². The molecule has 9 N–H and O–H groups in total. The maximum absolute atomic E-state index is 12.1. The van der Waals surface area contributed by atoms with Gasteiger partial charge in [-0.2, -0.15) is 0 Å². The van der Waals surface area contributed by atoms with Crippen molar-refractivity contribution < 1.29 is 50.7 Å².